The Morgan fingerprint density at radius 2 is 2.03 bits per heavy atom. The van der Waals surface area contributed by atoms with E-state index >= 15 is 0 Å². The first-order chi connectivity index (χ1) is 14.9. The average Bonchev–Trinajstić information content (AvgIpc) is 3.17. The molecule has 2 aromatic heterocycles. The van der Waals surface area contributed by atoms with Crippen molar-refractivity contribution in [1.29, 1.82) is 0 Å². The van der Waals surface area contributed by atoms with E-state index in [4.69, 9.17) is 20.8 Å². The third-order valence-corrected chi connectivity index (χ3v) is 5.12. The van der Waals surface area contributed by atoms with Crippen LogP contribution in [0.3, 0.4) is 0 Å². The van der Waals surface area contributed by atoms with Gasteiger partial charge in [-0.05, 0) is 60.4 Å². The maximum Gasteiger partial charge on any atom is 0.262 e. The summed E-state index contributed by atoms with van der Waals surface area (Å²) in [6, 6.07) is 14.7. The fourth-order valence-electron chi connectivity index (χ4n) is 3.24. The van der Waals surface area contributed by atoms with E-state index in [1.165, 1.54) is 0 Å². The molecule has 0 aliphatic carbocycles. The number of hydrogen-bond donors (Lipinski definition) is 1. The van der Waals surface area contributed by atoms with Gasteiger partial charge < -0.3 is 14.5 Å². The number of ether oxygens (including phenoxy) is 1. The molecule has 0 saturated carbocycles. The summed E-state index contributed by atoms with van der Waals surface area (Å²) in [6.07, 6.45) is 1.64. The van der Waals surface area contributed by atoms with E-state index in [0.717, 1.165) is 16.9 Å². The molecule has 158 valence electrons. The number of aryl methyl sites for hydroxylation is 1. The van der Waals surface area contributed by atoms with E-state index in [-0.39, 0.29) is 12.5 Å². The molecule has 4 rings (SSSR count). The predicted molar refractivity (Wildman–Crippen MR) is 122 cm³/mol. The van der Waals surface area contributed by atoms with Gasteiger partial charge in [0.15, 0.2) is 17.8 Å². The number of fused-ring (bicyclic) bond motifs is 1. The second-order valence-electron chi connectivity index (χ2n) is 7.57. The van der Waals surface area contributed by atoms with Gasteiger partial charge in [0.2, 0.25) is 5.89 Å². The van der Waals surface area contributed by atoms with Crippen molar-refractivity contribution in [3.8, 4) is 17.2 Å². The van der Waals surface area contributed by atoms with Crippen molar-refractivity contribution in [2.45, 2.75) is 26.7 Å². The smallest absolute Gasteiger partial charge is 0.262 e. The van der Waals surface area contributed by atoms with Crippen molar-refractivity contribution in [2.75, 3.05) is 11.9 Å². The Morgan fingerprint density at radius 1 is 1.19 bits per heavy atom. The van der Waals surface area contributed by atoms with Crippen molar-refractivity contribution in [2.24, 2.45) is 0 Å². The lowest BCUT2D eigenvalue weighted by molar-refractivity contribution is -0.118. The van der Waals surface area contributed by atoms with E-state index < -0.39 is 0 Å². The second-order valence-corrected chi connectivity index (χ2v) is 7.98. The molecule has 4 aromatic rings. The van der Waals surface area contributed by atoms with Crippen LogP contribution in [0, 0.1) is 6.92 Å². The van der Waals surface area contributed by atoms with Gasteiger partial charge in [-0.15, -0.1) is 0 Å². The van der Waals surface area contributed by atoms with Crippen LogP contribution >= 0.6 is 11.6 Å². The Hall–Kier alpha value is -3.38. The standard InChI is InChI=1S/C24H22ClN3O3/c1-14(2)17-8-6-15(3)11-21(17)30-13-22(29)27-16-7-9-19(25)18(12-16)24-28-23-20(31-24)5-4-10-26-23/h4-12,14H,13H2,1-3H3,(H,27,29). The van der Waals surface area contributed by atoms with Crippen LogP contribution in [-0.2, 0) is 4.79 Å². The molecular formula is C24H22ClN3O3. The van der Waals surface area contributed by atoms with Gasteiger partial charge in [0.05, 0.1) is 10.6 Å². The number of carbonyl (C=O) groups excluding carboxylic acids is 1. The summed E-state index contributed by atoms with van der Waals surface area (Å²) in [6.45, 7) is 6.07. The number of benzene rings is 2. The highest BCUT2D eigenvalue weighted by atomic mass is 35.5. The highest BCUT2D eigenvalue weighted by Gasteiger charge is 2.15. The van der Waals surface area contributed by atoms with E-state index in [9.17, 15) is 4.79 Å². The fourth-order valence-corrected chi connectivity index (χ4v) is 3.43. The summed E-state index contributed by atoms with van der Waals surface area (Å²) in [5.74, 6) is 1.08. The zero-order valence-electron chi connectivity index (χ0n) is 17.5. The number of aromatic nitrogens is 2. The van der Waals surface area contributed by atoms with Crippen LogP contribution < -0.4 is 10.1 Å². The molecule has 0 atom stereocenters. The molecule has 1 N–H and O–H groups in total. The maximum atomic E-state index is 12.5. The molecule has 0 bridgehead atoms. The Bertz CT molecular complexity index is 1220. The molecule has 6 nitrogen and oxygen atoms in total. The Morgan fingerprint density at radius 3 is 2.81 bits per heavy atom. The zero-order chi connectivity index (χ0) is 22.0. The number of anilines is 1. The molecule has 0 saturated heterocycles. The van der Waals surface area contributed by atoms with E-state index in [1.54, 1.807) is 36.5 Å². The van der Waals surface area contributed by atoms with Crippen LogP contribution in [-0.4, -0.2) is 22.5 Å². The second kappa shape index (κ2) is 8.78. The Labute approximate surface area is 185 Å². The predicted octanol–water partition coefficient (Wildman–Crippen LogP) is 5.99. The molecule has 0 radical (unpaired) electrons. The lowest BCUT2D eigenvalue weighted by Gasteiger charge is -2.15. The monoisotopic (exact) mass is 435 g/mol. The summed E-state index contributed by atoms with van der Waals surface area (Å²) < 4.78 is 11.6. The van der Waals surface area contributed by atoms with E-state index in [2.05, 4.69) is 29.1 Å². The third-order valence-electron chi connectivity index (χ3n) is 4.80. The molecular weight excluding hydrogens is 414 g/mol. The number of nitrogens with zero attached hydrogens (tertiary/aromatic N) is 2. The van der Waals surface area contributed by atoms with E-state index in [0.29, 0.717) is 39.3 Å². The molecule has 7 heteroatoms. The molecule has 0 spiro atoms. The molecule has 0 unspecified atom stereocenters. The number of hydrogen-bond acceptors (Lipinski definition) is 5. The number of carbonyl (C=O) groups is 1. The van der Waals surface area contributed by atoms with Crippen LogP contribution in [0.15, 0.2) is 59.1 Å². The van der Waals surface area contributed by atoms with Crippen LogP contribution in [0.25, 0.3) is 22.7 Å². The molecule has 1 amide bonds. The van der Waals surface area contributed by atoms with Crippen LogP contribution in [0.4, 0.5) is 5.69 Å². The topological polar surface area (TPSA) is 77.2 Å². The van der Waals surface area contributed by atoms with Gasteiger partial charge >= 0.3 is 0 Å². The Kier molecular flexibility index (Phi) is 5.91. The minimum Gasteiger partial charge on any atom is -0.483 e. The average molecular weight is 436 g/mol. The number of pyridine rings is 1. The van der Waals surface area contributed by atoms with Crippen LogP contribution in [0.5, 0.6) is 5.75 Å². The SMILES string of the molecule is Cc1ccc(C(C)C)c(OCC(=O)Nc2ccc(Cl)c(-c3nc4ncccc4o3)c2)c1. The number of oxazole rings is 1. The van der Waals surface area contributed by atoms with Crippen molar-refractivity contribution >= 4 is 34.4 Å². The van der Waals surface area contributed by atoms with Gasteiger partial charge in [-0.1, -0.05) is 37.6 Å². The molecule has 2 aromatic carbocycles. The molecule has 0 aliphatic heterocycles. The van der Waals surface area contributed by atoms with Crippen molar-refractivity contribution < 1.29 is 13.9 Å². The maximum absolute atomic E-state index is 12.5. The van der Waals surface area contributed by atoms with Gasteiger partial charge in [-0.3, -0.25) is 4.79 Å². The first-order valence-electron chi connectivity index (χ1n) is 9.95. The van der Waals surface area contributed by atoms with Gasteiger partial charge in [0.1, 0.15) is 5.75 Å². The zero-order valence-corrected chi connectivity index (χ0v) is 18.2. The number of rotatable bonds is 6. The van der Waals surface area contributed by atoms with Gasteiger partial charge in [-0.2, -0.15) is 4.98 Å². The number of amides is 1. The Balaban J connectivity index is 1.49. The lowest BCUT2D eigenvalue weighted by atomic mass is 10.0. The molecule has 31 heavy (non-hydrogen) atoms. The van der Waals surface area contributed by atoms with Crippen molar-refractivity contribution in [1.82, 2.24) is 9.97 Å². The van der Waals surface area contributed by atoms with Crippen LogP contribution in [0.1, 0.15) is 30.9 Å². The van der Waals surface area contributed by atoms with E-state index in [1.807, 2.05) is 25.1 Å². The molecule has 2 heterocycles. The quantitative estimate of drug-likeness (QED) is 0.402. The summed E-state index contributed by atoms with van der Waals surface area (Å²) >= 11 is 6.34. The molecule has 0 fully saturated rings. The van der Waals surface area contributed by atoms with Crippen molar-refractivity contribution in [3.63, 3.8) is 0 Å². The lowest BCUT2D eigenvalue weighted by Crippen LogP contribution is -2.20. The highest BCUT2D eigenvalue weighted by molar-refractivity contribution is 6.33. The largest absolute Gasteiger partial charge is 0.483 e. The number of nitrogens with one attached hydrogen (secondary N) is 1. The van der Waals surface area contributed by atoms with Crippen LogP contribution in [0.2, 0.25) is 5.02 Å². The minimum absolute atomic E-state index is 0.103. The summed E-state index contributed by atoms with van der Waals surface area (Å²) in [5, 5.41) is 3.30. The summed E-state index contributed by atoms with van der Waals surface area (Å²) in [5.41, 5.74) is 4.34. The van der Waals surface area contributed by atoms with Gasteiger partial charge in [-0.25, -0.2) is 4.98 Å². The first kappa shape index (κ1) is 20.9. The van der Waals surface area contributed by atoms with Gasteiger partial charge in [0, 0.05) is 11.9 Å². The van der Waals surface area contributed by atoms with Gasteiger partial charge in [0.25, 0.3) is 5.91 Å². The summed E-state index contributed by atoms with van der Waals surface area (Å²) in [7, 11) is 0. The fraction of sp³-hybridized carbons (Fsp3) is 0.208. The number of halogens is 1. The van der Waals surface area contributed by atoms with Crippen molar-refractivity contribution in [3.05, 3.63) is 70.9 Å². The highest BCUT2D eigenvalue weighted by Crippen LogP contribution is 2.32. The molecule has 0 aliphatic rings. The summed E-state index contributed by atoms with van der Waals surface area (Å²) in [4.78, 5) is 21.1. The first-order valence-corrected chi connectivity index (χ1v) is 10.3. The normalized spacial score (nSPS) is 11.1. The minimum atomic E-state index is -0.274. The third kappa shape index (κ3) is 4.70.